The molecule has 1 heterocycles. The van der Waals surface area contributed by atoms with E-state index in [0.717, 1.165) is 11.4 Å². The second-order valence-electron chi connectivity index (χ2n) is 6.00. The van der Waals surface area contributed by atoms with Gasteiger partial charge < -0.3 is 9.88 Å². The molecule has 1 atom stereocenters. The molecule has 0 aliphatic carbocycles. The van der Waals surface area contributed by atoms with Crippen LogP contribution in [0.1, 0.15) is 19.4 Å². The molecule has 3 aromatic rings. The van der Waals surface area contributed by atoms with E-state index in [1.807, 2.05) is 42.7 Å². The predicted molar refractivity (Wildman–Crippen MR) is 111 cm³/mol. The number of benzene rings is 2. The van der Waals surface area contributed by atoms with Crippen molar-refractivity contribution in [3.8, 4) is 17.5 Å². The molecule has 0 unspecified atom stereocenters. The van der Waals surface area contributed by atoms with Crippen LogP contribution in [0.25, 0.3) is 11.4 Å². The van der Waals surface area contributed by atoms with E-state index in [0.29, 0.717) is 28.0 Å². The molecule has 0 aliphatic heterocycles. The first kappa shape index (κ1) is 19.9. The number of anilines is 1. The maximum absolute atomic E-state index is 12.5. The van der Waals surface area contributed by atoms with Crippen LogP contribution in [0.2, 0.25) is 5.02 Å². The minimum absolute atomic E-state index is 0.168. The van der Waals surface area contributed by atoms with Gasteiger partial charge in [-0.15, -0.1) is 10.2 Å². The largest absolute Gasteiger partial charge is 0.325 e. The van der Waals surface area contributed by atoms with Crippen LogP contribution < -0.4 is 5.32 Å². The fourth-order valence-electron chi connectivity index (χ4n) is 2.60. The van der Waals surface area contributed by atoms with Crippen LogP contribution >= 0.6 is 23.4 Å². The molecule has 1 amide bonds. The molecule has 1 N–H and O–H groups in total. The number of rotatable bonds is 6. The molecule has 0 saturated heterocycles. The van der Waals surface area contributed by atoms with Crippen molar-refractivity contribution in [2.45, 2.75) is 30.8 Å². The number of thioether (sulfide) groups is 1. The van der Waals surface area contributed by atoms with Gasteiger partial charge in [0.15, 0.2) is 11.0 Å². The Balaban J connectivity index is 1.74. The van der Waals surface area contributed by atoms with E-state index in [-0.39, 0.29) is 5.91 Å². The van der Waals surface area contributed by atoms with Crippen LogP contribution in [0, 0.1) is 11.3 Å². The quantitative estimate of drug-likeness (QED) is 0.599. The topological polar surface area (TPSA) is 83.6 Å². The van der Waals surface area contributed by atoms with Crippen molar-refractivity contribution in [3.05, 3.63) is 59.1 Å². The number of hydrogen-bond acceptors (Lipinski definition) is 5. The maximum Gasteiger partial charge on any atom is 0.237 e. The van der Waals surface area contributed by atoms with Gasteiger partial charge in [-0.25, -0.2) is 0 Å². The smallest absolute Gasteiger partial charge is 0.237 e. The summed E-state index contributed by atoms with van der Waals surface area (Å²) in [6.07, 6.45) is 0. The van der Waals surface area contributed by atoms with E-state index in [2.05, 4.69) is 21.6 Å². The Kier molecular flexibility index (Phi) is 6.34. The van der Waals surface area contributed by atoms with Crippen LogP contribution in [0.3, 0.4) is 0 Å². The number of amides is 1. The molecule has 0 aliphatic rings. The van der Waals surface area contributed by atoms with Crippen LogP contribution in [-0.2, 0) is 11.3 Å². The molecule has 28 heavy (non-hydrogen) atoms. The number of aromatic nitrogens is 3. The van der Waals surface area contributed by atoms with Crippen molar-refractivity contribution in [1.82, 2.24) is 14.8 Å². The van der Waals surface area contributed by atoms with Crippen LogP contribution in [0.4, 0.5) is 5.69 Å². The fraction of sp³-hybridized carbons (Fsp3) is 0.200. The number of hydrogen-bond donors (Lipinski definition) is 1. The molecule has 6 nitrogen and oxygen atoms in total. The van der Waals surface area contributed by atoms with Gasteiger partial charge in [0, 0.05) is 22.8 Å². The second kappa shape index (κ2) is 8.91. The molecule has 8 heteroatoms. The predicted octanol–water partition coefficient (Wildman–Crippen LogP) is 4.61. The first-order chi connectivity index (χ1) is 13.5. The van der Waals surface area contributed by atoms with E-state index >= 15 is 0 Å². The number of carbonyl (C=O) groups excluding carboxylic acids is 1. The number of halogens is 1. The Morgan fingerprint density at radius 1 is 1.29 bits per heavy atom. The molecule has 0 bridgehead atoms. The molecule has 0 radical (unpaired) electrons. The van der Waals surface area contributed by atoms with Gasteiger partial charge in [-0.1, -0.05) is 29.4 Å². The lowest BCUT2D eigenvalue weighted by Crippen LogP contribution is -2.23. The van der Waals surface area contributed by atoms with E-state index in [1.54, 1.807) is 24.3 Å². The Morgan fingerprint density at radius 2 is 2.04 bits per heavy atom. The second-order valence-corrected chi connectivity index (χ2v) is 7.74. The third-order valence-electron chi connectivity index (χ3n) is 4.05. The maximum atomic E-state index is 12.5. The monoisotopic (exact) mass is 411 g/mol. The summed E-state index contributed by atoms with van der Waals surface area (Å²) in [7, 11) is 0. The van der Waals surface area contributed by atoms with Crippen LogP contribution in [0.5, 0.6) is 0 Å². The summed E-state index contributed by atoms with van der Waals surface area (Å²) in [5.74, 6) is 0.565. The highest BCUT2D eigenvalue weighted by molar-refractivity contribution is 8.00. The highest BCUT2D eigenvalue weighted by atomic mass is 35.5. The highest BCUT2D eigenvalue weighted by Gasteiger charge is 2.20. The summed E-state index contributed by atoms with van der Waals surface area (Å²) in [4.78, 5) is 12.5. The minimum Gasteiger partial charge on any atom is -0.325 e. The van der Waals surface area contributed by atoms with Gasteiger partial charge >= 0.3 is 0 Å². The highest BCUT2D eigenvalue weighted by Crippen LogP contribution is 2.28. The zero-order valence-corrected chi connectivity index (χ0v) is 17.0. The Bertz CT molecular complexity index is 1030. The fourth-order valence-corrected chi connectivity index (χ4v) is 3.63. The normalized spacial score (nSPS) is 11.6. The summed E-state index contributed by atoms with van der Waals surface area (Å²) in [5, 5.41) is 21.3. The van der Waals surface area contributed by atoms with Gasteiger partial charge in [-0.3, -0.25) is 4.79 Å². The van der Waals surface area contributed by atoms with Crippen molar-refractivity contribution in [2.24, 2.45) is 0 Å². The van der Waals surface area contributed by atoms with Crippen LogP contribution in [-0.4, -0.2) is 25.9 Å². The van der Waals surface area contributed by atoms with Gasteiger partial charge in [0.1, 0.15) is 0 Å². The van der Waals surface area contributed by atoms with Crippen LogP contribution in [0.15, 0.2) is 53.7 Å². The standard InChI is InChI=1S/C20H18ClN5OS/c1-3-26-18(15-7-9-16(21)10-8-15)24-25-20(26)28-13(2)19(27)23-17-6-4-5-14(11-17)12-22/h4-11,13H,3H2,1-2H3,(H,23,27)/t13-/m1/s1. The molecule has 2 aromatic carbocycles. The van der Waals surface area contributed by atoms with Crippen molar-refractivity contribution in [2.75, 3.05) is 5.32 Å². The first-order valence-electron chi connectivity index (χ1n) is 8.68. The molecular formula is C20H18ClN5OS. The molecule has 0 saturated carbocycles. The summed E-state index contributed by atoms with van der Waals surface area (Å²) >= 11 is 7.30. The van der Waals surface area contributed by atoms with Crippen molar-refractivity contribution in [3.63, 3.8) is 0 Å². The Hall–Kier alpha value is -2.82. The van der Waals surface area contributed by atoms with E-state index in [1.165, 1.54) is 11.8 Å². The summed E-state index contributed by atoms with van der Waals surface area (Å²) in [5.41, 5.74) is 2.00. The SMILES string of the molecule is CCn1c(S[C@H](C)C(=O)Nc2cccc(C#N)c2)nnc1-c1ccc(Cl)cc1. The Labute approximate surface area is 172 Å². The van der Waals surface area contributed by atoms with Crippen molar-refractivity contribution < 1.29 is 4.79 Å². The van der Waals surface area contributed by atoms with E-state index in [4.69, 9.17) is 16.9 Å². The summed E-state index contributed by atoms with van der Waals surface area (Å²) in [6.45, 7) is 4.49. The van der Waals surface area contributed by atoms with Gasteiger partial charge in [0.05, 0.1) is 16.9 Å². The van der Waals surface area contributed by atoms with Crippen molar-refractivity contribution in [1.29, 1.82) is 5.26 Å². The molecule has 3 rings (SSSR count). The average molecular weight is 412 g/mol. The number of carbonyl (C=O) groups is 1. The lowest BCUT2D eigenvalue weighted by Gasteiger charge is -2.13. The summed E-state index contributed by atoms with van der Waals surface area (Å²) < 4.78 is 1.97. The van der Waals surface area contributed by atoms with E-state index < -0.39 is 5.25 Å². The summed E-state index contributed by atoms with van der Waals surface area (Å²) in [6, 6.07) is 16.3. The zero-order valence-electron chi connectivity index (χ0n) is 15.4. The van der Waals surface area contributed by atoms with Gasteiger partial charge in [0.25, 0.3) is 0 Å². The first-order valence-corrected chi connectivity index (χ1v) is 9.94. The van der Waals surface area contributed by atoms with Gasteiger partial charge in [0.2, 0.25) is 5.91 Å². The molecular weight excluding hydrogens is 394 g/mol. The number of nitrogens with one attached hydrogen (secondary N) is 1. The zero-order chi connectivity index (χ0) is 20.1. The third kappa shape index (κ3) is 4.53. The lowest BCUT2D eigenvalue weighted by atomic mass is 10.2. The molecule has 1 aromatic heterocycles. The number of nitriles is 1. The lowest BCUT2D eigenvalue weighted by molar-refractivity contribution is -0.115. The minimum atomic E-state index is -0.390. The molecule has 0 fully saturated rings. The molecule has 0 spiro atoms. The number of nitrogens with zero attached hydrogens (tertiary/aromatic N) is 4. The molecule has 142 valence electrons. The van der Waals surface area contributed by atoms with Gasteiger partial charge in [-0.2, -0.15) is 5.26 Å². The van der Waals surface area contributed by atoms with E-state index in [9.17, 15) is 4.79 Å². The van der Waals surface area contributed by atoms with Crippen molar-refractivity contribution >= 4 is 35.0 Å². The average Bonchev–Trinajstić information content (AvgIpc) is 3.11. The Morgan fingerprint density at radius 3 is 2.71 bits per heavy atom. The third-order valence-corrected chi connectivity index (χ3v) is 5.38. The van der Waals surface area contributed by atoms with Gasteiger partial charge in [-0.05, 0) is 56.3 Å².